The van der Waals surface area contributed by atoms with Crippen LogP contribution < -0.4 is 9.30 Å². The lowest BCUT2D eigenvalue weighted by molar-refractivity contribution is -0.571. The molecule has 0 aliphatic rings. The summed E-state index contributed by atoms with van der Waals surface area (Å²) in [6.07, 6.45) is 4.95. The molecular weight excluding hydrogens is 877 g/mol. The van der Waals surface area contributed by atoms with E-state index in [4.69, 9.17) is 24.8 Å². The molecule has 3 heterocycles. The number of imidazole rings is 1. The number of benzene rings is 8. The van der Waals surface area contributed by atoms with Crippen LogP contribution in [-0.2, 0) is 16.2 Å². The molecular formula is C67H62N4O. The van der Waals surface area contributed by atoms with Gasteiger partial charge in [0.05, 0.1) is 47.1 Å². The van der Waals surface area contributed by atoms with E-state index in [1.165, 1.54) is 12.3 Å². The lowest BCUT2D eigenvalue weighted by Gasteiger charge is -2.28. The van der Waals surface area contributed by atoms with Crippen LogP contribution in [-0.4, -0.2) is 14.1 Å². The first-order chi connectivity index (χ1) is 39.8. The molecule has 0 amide bonds. The molecule has 0 saturated heterocycles. The van der Waals surface area contributed by atoms with Gasteiger partial charge in [-0.15, -0.1) is 0 Å². The Bertz CT molecular complexity index is 4480. The third kappa shape index (κ3) is 8.57. The Morgan fingerprint density at radius 1 is 0.528 bits per heavy atom. The first-order valence-electron chi connectivity index (χ1n) is 30.6. The molecule has 5 nitrogen and oxygen atoms in total. The second-order valence-electron chi connectivity index (χ2n) is 21.4. The highest BCUT2D eigenvalue weighted by atomic mass is 16.5. The average Bonchev–Trinajstić information content (AvgIpc) is 2.20. The fraction of sp³-hybridized carbons (Fsp3) is 0.194. The lowest BCUT2D eigenvalue weighted by Crippen LogP contribution is -2.32. The van der Waals surface area contributed by atoms with Crippen LogP contribution in [0.3, 0.4) is 0 Å². The van der Waals surface area contributed by atoms with Crippen LogP contribution in [0.4, 0.5) is 0 Å². The third-order valence-electron chi connectivity index (χ3n) is 13.4. The van der Waals surface area contributed by atoms with Gasteiger partial charge in [-0.3, -0.25) is 13.7 Å². The zero-order valence-corrected chi connectivity index (χ0v) is 41.9. The summed E-state index contributed by atoms with van der Waals surface area (Å²) >= 11 is 0. The summed E-state index contributed by atoms with van der Waals surface area (Å²) < 4.78 is 126. The van der Waals surface area contributed by atoms with Crippen molar-refractivity contribution in [2.45, 2.75) is 85.4 Å². The Morgan fingerprint density at radius 3 is 1.78 bits per heavy atom. The predicted molar refractivity (Wildman–Crippen MR) is 299 cm³/mol. The number of hydrogen-bond donors (Lipinski definition) is 0. The van der Waals surface area contributed by atoms with Crippen molar-refractivity contribution in [2.24, 2.45) is 0 Å². The number of hydrogen-bond acceptors (Lipinski definition) is 2. The monoisotopic (exact) mass is 952 g/mol. The fourth-order valence-corrected chi connectivity index (χ4v) is 9.40. The Kier molecular flexibility index (Phi) is 8.24. The summed E-state index contributed by atoms with van der Waals surface area (Å²) in [5.41, 5.74) is 7.85. The number of aromatic nitrogens is 4. The van der Waals surface area contributed by atoms with Gasteiger partial charge in [-0.1, -0.05) is 202 Å². The second kappa shape index (κ2) is 17.7. The van der Waals surface area contributed by atoms with Gasteiger partial charge in [0.2, 0.25) is 0 Å². The van der Waals surface area contributed by atoms with Gasteiger partial charge in [0.1, 0.15) is 17.3 Å². The van der Waals surface area contributed by atoms with Crippen LogP contribution >= 0.6 is 0 Å². The molecule has 8 aromatic carbocycles. The summed E-state index contributed by atoms with van der Waals surface area (Å²) in [6.45, 7) is 16.7. The number of rotatable bonds is 8. The number of aryl methyl sites for hydroxylation is 1. The first kappa shape index (κ1) is 33.5. The number of para-hydroxylation sites is 3. The van der Waals surface area contributed by atoms with E-state index in [0.717, 1.165) is 49.6 Å². The van der Waals surface area contributed by atoms with E-state index in [0.29, 0.717) is 39.5 Å². The highest BCUT2D eigenvalue weighted by molar-refractivity contribution is 6.09. The number of fused-ring (bicyclic) bond motifs is 4. The van der Waals surface area contributed by atoms with Gasteiger partial charge in [0, 0.05) is 32.7 Å². The van der Waals surface area contributed by atoms with Gasteiger partial charge in [0.25, 0.3) is 6.33 Å². The molecule has 0 radical (unpaired) electrons. The van der Waals surface area contributed by atoms with Crippen molar-refractivity contribution in [3.8, 4) is 62.1 Å². The van der Waals surface area contributed by atoms with Gasteiger partial charge in [-0.2, -0.15) is 0 Å². The Labute approximate surface area is 442 Å². The van der Waals surface area contributed by atoms with Crippen molar-refractivity contribution in [3.63, 3.8) is 0 Å². The molecule has 11 aromatic rings. The van der Waals surface area contributed by atoms with E-state index in [1.807, 2.05) is 111 Å². The minimum Gasteiger partial charge on any atom is -0.458 e. The van der Waals surface area contributed by atoms with E-state index in [-0.39, 0.29) is 51.0 Å². The minimum atomic E-state index is -2.78. The maximum atomic E-state index is 9.45. The molecule has 356 valence electrons. The molecule has 0 unspecified atom stereocenters. The molecule has 0 N–H and O–H groups in total. The molecule has 11 rings (SSSR count). The van der Waals surface area contributed by atoms with Crippen molar-refractivity contribution >= 4 is 32.8 Å². The van der Waals surface area contributed by atoms with E-state index >= 15 is 0 Å². The highest BCUT2D eigenvalue weighted by Gasteiger charge is 2.27. The van der Waals surface area contributed by atoms with Crippen molar-refractivity contribution in [1.29, 1.82) is 0 Å². The number of ether oxygens (including phenoxy) is 1. The highest BCUT2D eigenvalue weighted by Crippen LogP contribution is 2.42. The van der Waals surface area contributed by atoms with Crippen LogP contribution in [0, 0.1) is 13.2 Å². The van der Waals surface area contributed by atoms with E-state index in [1.54, 1.807) is 0 Å². The first-order valence-corrected chi connectivity index (χ1v) is 24.1. The second-order valence-corrected chi connectivity index (χ2v) is 21.4. The Hall–Kier alpha value is -8.02. The third-order valence-corrected chi connectivity index (χ3v) is 13.4. The van der Waals surface area contributed by atoms with Crippen LogP contribution in [0.1, 0.15) is 102 Å². The molecule has 72 heavy (non-hydrogen) atoms. The zero-order valence-electron chi connectivity index (χ0n) is 54.9. The normalized spacial score (nSPS) is 15.0. The van der Waals surface area contributed by atoms with Crippen LogP contribution in [0.2, 0.25) is 0 Å². The van der Waals surface area contributed by atoms with Crippen molar-refractivity contribution in [2.75, 3.05) is 0 Å². The van der Waals surface area contributed by atoms with Gasteiger partial charge < -0.3 is 4.74 Å². The van der Waals surface area contributed by atoms with Gasteiger partial charge in [-0.25, -0.2) is 4.98 Å². The van der Waals surface area contributed by atoms with Crippen molar-refractivity contribution in [3.05, 3.63) is 223 Å². The Balaban J connectivity index is 1.09. The average molecular weight is 952 g/mol. The molecule has 0 spiro atoms. The molecule has 0 atom stereocenters. The summed E-state index contributed by atoms with van der Waals surface area (Å²) in [5, 5.41) is 1.67. The van der Waals surface area contributed by atoms with E-state index in [2.05, 4.69) is 92.9 Å². The van der Waals surface area contributed by atoms with Gasteiger partial charge >= 0.3 is 0 Å². The molecule has 5 heteroatoms. The van der Waals surface area contributed by atoms with Gasteiger partial charge in [-0.05, 0) is 116 Å². The summed E-state index contributed by atoms with van der Waals surface area (Å²) in [6, 6.07) is 35.9. The van der Waals surface area contributed by atoms with Crippen LogP contribution in [0.25, 0.3) is 83.4 Å². The fourth-order valence-electron chi connectivity index (χ4n) is 9.40. The molecule has 0 aliphatic heterocycles. The van der Waals surface area contributed by atoms with E-state index in [9.17, 15) is 2.74 Å². The van der Waals surface area contributed by atoms with Crippen molar-refractivity contribution < 1.29 is 27.1 Å². The van der Waals surface area contributed by atoms with Crippen LogP contribution in [0.15, 0.2) is 194 Å². The minimum absolute atomic E-state index is 0.0689. The number of nitrogens with zero attached hydrogens (tertiary/aromatic N) is 4. The summed E-state index contributed by atoms with van der Waals surface area (Å²) in [7, 11) is 0. The Morgan fingerprint density at radius 2 is 1.11 bits per heavy atom. The maximum Gasteiger partial charge on any atom is 0.269 e. The predicted octanol–water partition coefficient (Wildman–Crippen LogP) is 17.2. The SMILES string of the molecule is [2H]c1c([2H])c([2H])c(-c2cnc(-n3c4ccccc4c4ccc(Oc5cccc(-n6[c-][n+](-c7c(-c8cc(C(C)(C)C)cc(C(C)(C)C)c8)cc(C(C)(C)C)cc7-c7c([2H])c([2H])c([2H])c([2H])c7[2H])c7ccccc76)c5)cc43)cc2C([2H])([2H])[2H])c([2H])c1[2H]. The number of pyridine rings is 1. The zero-order chi connectivity index (χ0) is 61.3. The summed E-state index contributed by atoms with van der Waals surface area (Å²) in [5.74, 6) is 1.13. The largest absolute Gasteiger partial charge is 0.458 e. The standard InChI is InChI=1S/C67H62N4O/c1-44-34-63(68-42-58(44)46-24-15-12-16-25-46)71-59-29-18-17-28-54(59)55-33-32-53(41-62(55)71)72-52-27-21-26-51(40-52)69-43-70(61-31-20-19-30-60(61)69)64-56(45-22-13-11-14-23-45)38-50(67(8,9)10)39-57(64)47-35-48(65(2,3)4)37-49(36-47)66(5,6)7/h11-42H,1-10H3/i1D3,11D,12D,13D,14D,15D,16D,22D,23D,24D,25D. The maximum absolute atomic E-state index is 9.45. The van der Waals surface area contributed by atoms with Crippen molar-refractivity contribution in [1.82, 2.24) is 14.1 Å². The van der Waals surface area contributed by atoms with E-state index < -0.39 is 60.6 Å². The molecule has 0 aliphatic carbocycles. The van der Waals surface area contributed by atoms with Crippen LogP contribution in [0.5, 0.6) is 11.5 Å². The molecule has 0 saturated carbocycles. The quantitative estimate of drug-likeness (QED) is 0.112. The lowest BCUT2D eigenvalue weighted by atomic mass is 9.77. The molecule has 0 fully saturated rings. The topological polar surface area (TPSA) is 35.9 Å². The smallest absolute Gasteiger partial charge is 0.269 e. The molecule has 3 aromatic heterocycles. The summed E-state index contributed by atoms with van der Waals surface area (Å²) in [4.78, 5) is 4.74. The van der Waals surface area contributed by atoms with Gasteiger partial charge in [0.15, 0.2) is 0 Å². The molecule has 0 bridgehead atoms.